The van der Waals surface area contributed by atoms with Crippen LogP contribution in [0.3, 0.4) is 0 Å². The minimum atomic E-state index is -0.622. The van der Waals surface area contributed by atoms with Crippen molar-refractivity contribution in [2.45, 2.75) is 50.8 Å². The molecule has 2 aromatic rings. The maximum absolute atomic E-state index is 13.9. The number of aromatic hydroxyl groups is 1. The van der Waals surface area contributed by atoms with Crippen molar-refractivity contribution < 1.29 is 19.4 Å². The van der Waals surface area contributed by atoms with E-state index in [0.29, 0.717) is 61.2 Å². The van der Waals surface area contributed by atoms with Crippen LogP contribution in [0.4, 0.5) is 5.69 Å². The average Bonchev–Trinajstić information content (AvgIpc) is 3.17. The molecule has 11 nitrogen and oxygen atoms in total. The number of benzene rings is 1. The highest BCUT2D eigenvalue weighted by atomic mass is 35.5. The van der Waals surface area contributed by atoms with Crippen molar-refractivity contribution in [1.29, 1.82) is 0 Å². The number of fused-ring (bicyclic) bond motifs is 1. The van der Waals surface area contributed by atoms with E-state index in [2.05, 4.69) is 27.0 Å². The Morgan fingerprint density at radius 2 is 2.00 bits per heavy atom. The van der Waals surface area contributed by atoms with E-state index in [0.717, 1.165) is 12.2 Å². The number of hydrogen-bond donors (Lipinski definition) is 4. The molecule has 3 aliphatic rings. The Kier molecular flexibility index (Phi) is 8.45. The van der Waals surface area contributed by atoms with Crippen molar-refractivity contribution in [3.8, 4) is 5.75 Å². The van der Waals surface area contributed by atoms with Gasteiger partial charge in [-0.2, -0.15) is 0 Å². The predicted octanol–water partition coefficient (Wildman–Crippen LogP) is 0.797. The molecule has 1 aromatic carbocycles. The first-order chi connectivity index (χ1) is 19.4. The zero-order chi connectivity index (χ0) is 29.5. The second kappa shape index (κ2) is 11.7. The van der Waals surface area contributed by atoms with E-state index < -0.39 is 17.4 Å². The highest BCUT2D eigenvalue weighted by molar-refractivity contribution is 6.30. The molecule has 5 N–H and O–H groups in total. The minimum absolute atomic E-state index is 0.0203. The third kappa shape index (κ3) is 6.44. The normalized spacial score (nSPS) is 24.8. The van der Waals surface area contributed by atoms with E-state index >= 15 is 0 Å². The molecule has 0 aliphatic carbocycles. The Bertz CT molecular complexity index is 1380. The number of anilines is 1. The molecule has 0 spiro atoms. The second-order valence-corrected chi connectivity index (χ2v) is 12.5. The molecule has 12 heteroatoms. The summed E-state index contributed by atoms with van der Waals surface area (Å²) in [7, 11) is 0. The SMILES string of the molecule is C[C@@H]1CN(CC(=O)N2CC(C)(C)c3[nH]c(=O)c(Cc4ccc(Cl)cc4O)cc32)[C@@H](CN2CCOC(C(N)=O)C2)CN1. The number of nitrogens with zero attached hydrogens (tertiary/aromatic N) is 3. The highest BCUT2D eigenvalue weighted by Gasteiger charge is 2.41. The molecule has 2 saturated heterocycles. The van der Waals surface area contributed by atoms with Gasteiger partial charge < -0.3 is 30.8 Å². The lowest BCUT2D eigenvalue weighted by molar-refractivity contribution is -0.135. The summed E-state index contributed by atoms with van der Waals surface area (Å²) in [5.41, 5.74) is 7.27. The van der Waals surface area contributed by atoms with Crippen LogP contribution in [0, 0.1) is 0 Å². The van der Waals surface area contributed by atoms with Crippen LogP contribution in [-0.2, 0) is 26.2 Å². The number of aromatic amines is 1. The number of primary amides is 1. The maximum Gasteiger partial charge on any atom is 0.251 e. The lowest BCUT2D eigenvalue weighted by atomic mass is 9.91. The number of aromatic nitrogens is 1. The van der Waals surface area contributed by atoms with Crippen molar-refractivity contribution in [1.82, 2.24) is 20.1 Å². The Labute approximate surface area is 244 Å². The number of hydrogen-bond acceptors (Lipinski definition) is 8. The first-order valence-corrected chi connectivity index (χ1v) is 14.4. The van der Waals surface area contributed by atoms with Gasteiger partial charge in [-0.25, -0.2) is 0 Å². The number of piperazine rings is 1. The van der Waals surface area contributed by atoms with Gasteiger partial charge in [-0.05, 0) is 30.7 Å². The number of carbonyl (C=O) groups is 2. The van der Waals surface area contributed by atoms with E-state index in [9.17, 15) is 19.5 Å². The van der Waals surface area contributed by atoms with E-state index in [1.807, 2.05) is 13.8 Å². The van der Waals surface area contributed by atoms with Gasteiger partial charge in [0.05, 0.1) is 18.8 Å². The summed E-state index contributed by atoms with van der Waals surface area (Å²) in [5.74, 6) is -0.483. The molecule has 3 atom stereocenters. The second-order valence-electron chi connectivity index (χ2n) is 12.1. The lowest BCUT2D eigenvalue weighted by Crippen LogP contribution is -2.62. The van der Waals surface area contributed by atoms with Gasteiger partial charge in [0.1, 0.15) is 11.9 Å². The van der Waals surface area contributed by atoms with Crippen LogP contribution in [0.1, 0.15) is 37.6 Å². The Morgan fingerprint density at radius 3 is 2.73 bits per heavy atom. The fourth-order valence-corrected chi connectivity index (χ4v) is 6.26. The van der Waals surface area contributed by atoms with Crippen molar-refractivity contribution in [2.24, 2.45) is 5.73 Å². The largest absolute Gasteiger partial charge is 0.508 e. The molecule has 1 aromatic heterocycles. The quantitative estimate of drug-likeness (QED) is 0.373. The van der Waals surface area contributed by atoms with Gasteiger partial charge in [-0.1, -0.05) is 31.5 Å². The number of pyridine rings is 1. The molecule has 1 unspecified atom stereocenters. The van der Waals surface area contributed by atoms with Crippen LogP contribution >= 0.6 is 11.6 Å². The molecular weight excluding hydrogens is 548 g/mol. The Balaban J connectivity index is 1.35. The number of carbonyl (C=O) groups excluding carboxylic acids is 2. The van der Waals surface area contributed by atoms with Gasteiger partial charge in [-0.15, -0.1) is 0 Å². The van der Waals surface area contributed by atoms with Gasteiger partial charge in [0.2, 0.25) is 11.8 Å². The highest BCUT2D eigenvalue weighted by Crippen LogP contribution is 2.39. The summed E-state index contributed by atoms with van der Waals surface area (Å²) in [6, 6.07) is 6.89. The number of rotatable bonds is 7. The number of phenols is 1. The topological polar surface area (TPSA) is 144 Å². The van der Waals surface area contributed by atoms with Gasteiger partial charge in [-0.3, -0.25) is 24.2 Å². The number of phenolic OH excluding ortho intramolecular Hbond substituents is 1. The van der Waals surface area contributed by atoms with Crippen LogP contribution in [0.5, 0.6) is 5.75 Å². The first-order valence-electron chi connectivity index (χ1n) is 14.1. The zero-order valence-electron chi connectivity index (χ0n) is 23.8. The van der Waals surface area contributed by atoms with Gasteiger partial charge >= 0.3 is 0 Å². The fraction of sp³-hybridized carbons (Fsp3) is 0.552. The third-order valence-electron chi connectivity index (χ3n) is 8.35. The molecule has 0 bridgehead atoms. The smallest absolute Gasteiger partial charge is 0.251 e. The summed E-state index contributed by atoms with van der Waals surface area (Å²) in [4.78, 5) is 47.8. The number of nitrogens with one attached hydrogen (secondary N) is 2. The minimum Gasteiger partial charge on any atom is -0.508 e. The number of morpholine rings is 1. The standard InChI is InChI=1S/C29H39ClN6O5/c1-17-12-35(21(11-32-17)13-34-6-7-41-24(14-34)27(31)39)15-25(38)36-16-29(2,3)26-22(36)9-19(28(40)33-26)8-18-4-5-20(30)10-23(18)37/h4-5,9-10,17,21,24,32,37H,6-8,11-16H2,1-3H3,(H2,31,39)(H,33,40)/t17-,21-,24?/m1/s1. The van der Waals surface area contributed by atoms with E-state index in [-0.39, 0.29) is 42.3 Å². The zero-order valence-corrected chi connectivity index (χ0v) is 24.5. The van der Waals surface area contributed by atoms with Crippen LogP contribution < -0.4 is 21.5 Å². The van der Waals surface area contributed by atoms with Gasteiger partial charge in [0.25, 0.3) is 5.56 Å². The summed E-state index contributed by atoms with van der Waals surface area (Å²) in [6.45, 7) is 10.5. The fourth-order valence-electron chi connectivity index (χ4n) is 6.10. The molecule has 2 fully saturated rings. The number of amides is 2. The predicted molar refractivity (Wildman–Crippen MR) is 157 cm³/mol. The van der Waals surface area contributed by atoms with Gasteiger partial charge in [0.15, 0.2) is 0 Å². The molecule has 3 aliphatic heterocycles. The Morgan fingerprint density at radius 1 is 1.22 bits per heavy atom. The van der Waals surface area contributed by atoms with Crippen LogP contribution in [0.25, 0.3) is 0 Å². The number of halogens is 1. The molecule has 0 saturated carbocycles. The molecular formula is C29H39ClN6O5. The summed E-state index contributed by atoms with van der Waals surface area (Å²) in [5, 5.41) is 14.3. The van der Waals surface area contributed by atoms with E-state index in [4.69, 9.17) is 22.1 Å². The molecule has 222 valence electrons. The molecule has 2 amide bonds. The van der Waals surface area contributed by atoms with Crippen LogP contribution in [-0.4, -0.2) is 102 Å². The molecule has 5 rings (SSSR count). The molecule has 41 heavy (non-hydrogen) atoms. The van der Waals surface area contributed by atoms with Crippen molar-refractivity contribution in [3.63, 3.8) is 0 Å². The third-order valence-corrected chi connectivity index (χ3v) is 8.58. The molecule has 0 radical (unpaired) electrons. The van der Waals surface area contributed by atoms with E-state index in [1.165, 1.54) is 6.07 Å². The van der Waals surface area contributed by atoms with Crippen LogP contribution in [0.15, 0.2) is 29.1 Å². The number of ether oxygens (including phenoxy) is 1. The molecule has 4 heterocycles. The summed E-state index contributed by atoms with van der Waals surface area (Å²) in [6.07, 6.45) is -0.416. The lowest BCUT2D eigenvalue weighted by Gasteiger charge is -2.43. The van der Waals surface area contributed by atoms with Gasteiger partial charge in [0, 0.05) is 79.5 Å². The summed E-state index contributed by atoms with van der Waals surface area (Å²) >= 11 is 5.98. The van der Waals surface area contributed by atoms with E-state index in [1.54, 1.807) is 23.1 Å². The first kappa shape index (κ1) is 29.5. The summed E-state index contributed by atoms with van der Waals surface area (Å²) < 4.78 is 5.50. The Hall–Kier alpha value is -2.96. The van der Waals surface area contributed by atoms with Crippen molar-refractivity contribution in [2.75, 3.05) is 57.3 Å². The van der Waals surface area contributed by atoms with Crippen molar-refractivity contribution >= 4 is 29.1 Å². The number of H-pyrrole nitrogens is 1. The van der Waals surface area contributed by atoms with Crippen molar-refractivity contribution in [3.05, 3.63) is 56.5 Å². The monoisotopic (exact) mass is 586 g/mol. The van der Waals surface area contributed by atoms with Crippen LogP contribution in [0.2, 0.25) is 5.02 Å². The average molecular weight is 587 g/mol. The maximum atomic E-state index is 13.9. The number of nitrogens with two attached hydrogens (primary N) is 1.